The third-order valence-electron chi connectivity index (χ3n) is 23.1. The molecule has 29 nitrogen and oxygen atoms in total. The molecule has 19 aromatic rings. The van der Waals surface area contributed by atoms with Crippen LogP contribution in [0.1, 0.15) is 114 Å². The molecule has 30 heteroatoms. The summed E-state index contributed by atoms with van der Waals surface area (Å²) in [5, 5.41) is 23.0. The Labute approximate surface area is 782 Å². The van der Waals surface area contributed by atoms with Gasteiger partial charge < -0.3 is 67.2 Å². The van der Waals surface area contributed by atoms with Gasteiger partial charge in [0.05, 0.1) is 75.0 Å². The van der Waals surface area contributed by atoms with Crippen LogP contribution in [0.2, 0.25) is 0 Å². The highest BCUT2D eigenvalue weighted by Crippen LogP contribution is 2.45. The predicted octanol–water partition coefficient (Wildman–Crippen LogP) is 20.6. The number of hydrogen-bond donors (Lipinski definition) is 12. The zero-order chi connectivity index (χ0) is 94.3. The average Bonchev–Trinajstić information content (AvgIpc) is 1.66. The third kappa shape index (κ3) is 22.0. The first-order valence-electron chi connectivity index (χ1n) is 43.8. The number of hydrogen-bond acceptors (Lipinski definition) is 17. The first-order valence-corrected chi connectivity index (χ1v) is 43.8. The Balaban J connectivity index is 0.000000121. The van der Waals surface area contributed by atoms with Gasteiger partial charge in [0.1, 0.15) is 40.7 Å². The van der Waals surface area contributed by atoms with Crippen molar-refractivity contribution in [2.75, 3.05) is 44.3 Å². The number of pyridine rings is 4. The van der Waals surface area contributed by atoms with E-state index < -0.39 is 0 Å². The largest absolute Gasteiger partial charge is 0.497 e. The van der Waals surface area contributed by atoms with Crippen molar-refractivity contribution in [3.63, 3.8) is 0 Å². The average molecular weight is 1810 g/mol. The molecule has 8 heterocycles. The van der Waals surface area contributed by atoms with Gasteiger partial charge in [-0.3, -0.25) is 53.3 Å². The number of anilines is 7. The van der Waals surface area contributed by atoms with Gasteiger partial charge in [-0.25, -0.2) is 29.3 Å². The fourth-order valence-corrected chi connectivity index (χ4v) is 15.9. The number of aryl methyl sites for hydroxylation is 1. The number of imidazole rings is 4. The second-order valence-corrected chi connectivity index (χ2v) is 32.6. The van der Waals surface area contributed by atoms with E-state index in [9.17, 15) is 42.7 Å². The molecule has 11 aromatic carbocycles. The van der Waals surface area contributed by atoms with E-state index in [0.29, 0.717) is 125 Å². The number of benzene rings is 11. The van der Waals surface area contributed by atoms with Crippen molar-refractivity contribution in [1.29, 1.82) is 0 Å². The first kappa shape index (κ1) is 89.0. The molecule has 0 spiro atoms. The topological polar surface area (TPSA) is 408 Å². The standard InChI is InChI=1S/C27H21N5O3.C27H25N5O2.C27H21N5O2.C26H18FN5O2/c1-35-22-11-9-20(10-12-22)29-27(34)19-8-13-23-24(15-19)32-25(31-23)17-4-6-18(7-5-17)26(33)30-21-3-2-14-28-16-21;33-26(29-21-9-11-28-12-10-21)18-5-3-17(4-6-18)25-30-22-8-7-20(15-24(22)31-25)27(34)32-23-14-16-1-2-19(23)13-16;1-17-7-14-24(28-16-17)32-26(33)19-10-8-18(9-11-19)25-30-22-13-12-20(15-23(22)31-25)27(34)29-21-5-3-2-4-6-21;27-19-8-10-20(11-9-19)29-26(34)18-7-12-22-23(14-18)32-24(31-22)16-3-5-17(6-4-16)25(33)30-21-2-1-13-28-15-21/h2-16H,1H3,(H,29,34)(H,30,33)(H,31,32);3-12,15-16,19,23H,1-2,13-14H2,(H,30,31)(H,32,34)(H,28,29,33);2-16H,1H3,(H,29,34)(H,30,31)(H,28,32,33);1-15H,(H,29,34)(H,30,33)(H,31,32). The van der Waals surface area contributed by atoms with E-state index in [2.05, 4.69) is 102 Å². The summed E-state index contributed by atoms with van der Waals surface area (Å²) < 4.78 is 18.2. The van der Waals surface area contributed by atoms with E-state index in [1.165, 1.54) is 43.5 Å². The number of methoxy groups -OCH3 is 1. The number of rotatable bonds is 21. The van der Waals surface area contributed by atoms with Crippen molar-refractivity contribution in [2.45, 2.75) is 38.6 Å². The number of aromatic amines is 4. The second kappa shape index (κ2) is 40.8. The number of ether oxygens (including phenoxy) is 1. The molecule has 3 atom stereocenters. The predicted molar refractivity (Wildman–Crippen MR) is 526 cm³/mol. The molecule has 2 saturated carbocycles. The van der Waals surface area contributed by atoms with Gasteiger partial charge in [-0.15, -0.1) is 0 Å². The minimum Gasteiger partial charge on any atom is -0.497 e. The van der Waals surface area contributed by atoms with Gasteiger partial charge in [-0.2, -0.15) is 0 Å². The molecule has 2 bridgehead atoms. The molecule has 3 unspecified atom stereocenters. The molecule has 2 aliphatic rings. The minimum atomic E-state index is -0.369. The van der Waals surface area contributed by atoms with Crippen molar-refractivity contribution < 1.29 is 47.5 Å². The highest BCUT2D eigenvalue weighted by Gasteiger charge is 2.40. The summed E-state index contributed by atoms with van der Waals surface area (Å²) in [6, 6.07) is 86.5. The molecule has 2 fully saturated rings. The summed E-state index contributed by atoms with van der Waals surface area (Å²) in [6.45, 7) is 1.94. The molecular weight excluding hydrogens is 1730 g/mol. The molecule has 8 amide bonds. The van der Waals surface area contributed by atoms with Crippen LogP contribution in [0.4, 0.5) is 44.3 Å². The zero-order valence-electron chi connectivity index (χ0n) is 73.5. The SMILES string of the molecule is COc1ccc(NC(=O)c2ccc3nc(-c4ccc(C(=O)Nc5cccnc5)cc4)[nH]c3c2)cc1.Cc1ccc(NC(=O)c2ccc(-c3nc4ccc(C(=O)Nc5ccccc5)cc4[nH]3)cc2)nc1.O=C(Nc1cccnc1)c1ccc(-c2nc3ccc(C(=O)Nc4ccc(F)cc4)cc3[nH]2)cc1.O=C(Nc1ccncc1)c1ccc(-c2nc3ccc(C(=O)NC4CC5CCC4C5)cc3[nH]2)cc1. The van der Waals surface area contributed by atoms with Crippen molar-refractivity contribution >= 4 is 131 Å². The lowest BCUT2D eigenvalue weighted by Crippen LogP contribution is -2.38. The minimum absolute atomic E-state index is 0.0137. The molecule has 2 aliphatic carbocycles. The van der Waals surface area contributed by atoms with Crippen LogP contribution in [-0.4, -0.2) is 120 Å². The van der Waals surface area contributed by atoms with Gasteiger partial charge in [0.25, 0.3) is 47.3 Å². The second-order valence-electron chi connectivity index (χ2n) is 32.6. The van der Waals surface area contributed by atoms with Gasteiger partial charge in [-0.1, -0.05) is 79.2 Å². The van der Waals surface area contributed by atoms with Crippen LogP contribution in [0, 0.1) is 24.6 Å². The fourth-order valence-electron chi connectivity index (χ4n) is 15.9. The Morgan fingerprint density at radius 1 is 0.321 bits per heavy atom. The van der Waals surface area contributed by atoms with Gasteiger partial charge in [-0.05, 0) is 268 Å². The normalized spacial score (nSPS) is 13.3. The van der Waals surface area contributed by atoms with Gasteiger partial charge in [0.15, 0.2) is 0 Å². The third-order valence-corrected chi connectivity index (χ3v) is 23.1. The highest BCUT2D eigenvalue weighted by atomic mass is 19.1. The Morgan fingerprint density at radius 2 is 0.672 bits per heavy atom. The lowest BCUT2D eigenvalue weighted by atomic mass is 9.95. The maximum Gasteiger partial charge on any atom is 0.256 e. The quantitative estimate of drug-likeness (QED) is 0.0318. The number of H-pyrrole nitrogens is 4. The summed E-state index contributed by atoms with van der Waals surface area (Å²) in [7, 11) is 1.59. The summed E-state index contributed by atoms with van der Waals surface area (Å²) in [5.74, 6) is 3.28. The Bertz CT molecular complexity index is 7630. The van der Waals surface area contributed by atoms with Crippen molar-refractivity contribution in [3.8, 4) is 51.3 Å². The molecule has 12 N–H and O–H groups in total. The highest BCUT2D eigenvalue weighted by molar-refractivity contribution is 6.10. The van der Waals surface area contributed by atoms with Crippen LogP contribution < -0.4 is 47.3 Å². The summed E-state index contributed by atoms with van der Waals surface area (Å²) in [6.07, 6.45) is 16.4. The van der Waals surface area contributed by atoms with E-state index in [0.717, 1.165) is 84.7 Å². The van der Waals surface area contributed by atoms with E-state index in [1.807, 2.05) is 104 Å². The van der Waals surface area contributed by atoms with Crippen LogP contribution in [0.15, 0.2) is 341 Å². The monoisotopic (exact) mass is 1810 g/mol. The molecular formula is C107H85FN20O9. The number of nitrogens with zero attached hydrogens (tertiary/aromatic N) is 8. The molecule has 674 valence electrons. The number of carbonyl (C=O) groups is 8. The number of para-hydroxylation sites is 1. The van der Waals surface area contributed by atoms with E-state index in [-0.39, 0.29) is 53.1 Å². The Morgan fingerprint density at radius 3 is 1.03 bits per heavy atom. The molecule has 0 radical (unpaired) electrons. The molecule has 137 heavy (non-hydrogen) atoms. The van der Waals surface area contributed by atoms with Gasteiger partial charge in [0, 0.05) is 127 Å². The van der Waals surface area contributed by atoms with E-state index >= 15 is 0 Å². The molecule has 8 aromatic heterocycles. The van der Waals surface area contributed by atoms with Crippen LogP contribution in [0.3, 0.4) is 0 Å². The maximum atomic E-state index is 13.1. The summed E-state index contributed by atoms with van der Waals surface area (Å²) in [4.78, 5) is 148. The summed E-state index contributed by atoms with van der Waals surface area (Å²) in [5.41, 5.74) is 18.4. The lowest BCUT2D eigenvalue weighted by Gasteiger charge is -2.22. The fraction of sp³-hybridized carbons (Fsp3) is 0.0841. The number of aromatic nitrogens is 12. The van der Waals surface area contributed by atoms with Gasteiger partial charge >= 0.3 is 0 Å². The number of nitrogens with one attached hydrogen (secondary N) is 12. The van der Waals surface area contributed by atoms with Gasteiger partial charge in [0.2, 0.25) is 0 Å². The Hall–Kier alpha value is -18.6. The zero-order valence-corrected chi connectivity index (χ0v) is 73.5. The van der Waals surface area contributed by atoms with Crippen molar-refractivity contribution in [2.24, 2.45) is 11.8 Å². The number of halogens is 1. The maximum absolute atomic E-state index is 13.1. The number of amides is 8. The van der Waals surface area contributed by atoms with Crippen LogP contribution in [0.25, 0.3) is 89.7 Å². The van der Waals surface area contributed by atoms with E-state index in [1.54, 1.807) is 226 Å². The molecule has 21 rings (SSSR count). The number of carbonyl (C=O) groups excluding carboxylic acids is 8. The molecule has 0 saturated heterocycles. The van der Waals surface area contributed by atoms with E-state index in [4.69, 9.17) is 4.74 Å². The molecule has 0 aliphatic heterocycles. The van der Waals surface area contributed by atoms with Crippen LogP contribution in [-0.2, 0) is 0 Å². The summed E-state index contributed by atoms with van der Waals surface area (Å²) >= 11 is 0. The van der Waals surface area contributed by atoms with Crippen LogP contribution >= 0.6 is 0 Å². The first-order chi connectivity index (χ1) is 66.8. The van der Waals surface area contributed by atoms with Crippen molar-refractivity contribution in [3.05, 3.63) is 397 Å². The lowest BCUT2D eigenvalue weighted by molar-refractivity contribution is 0.0920. The van der Waals surface area contributed by atoms with Crippen molar-refractivity contribution in [1.82, 2.24) is 65.1 Å². The Kier molecular flexibility index (Phi) is 26.5. The van der Waals surface area contributed by atoms with Crippen LogP contribution in [0.5, 0.6) is 5.75 Å². The smallest absolute Gasteiger partial charge is 0.256 e. The number of fused-ring (bicyclic) bond motifs is 6.